The quantitative estimate of drug-likeness (QED) is 0.666. The van der Waals surface area contributed by atoms with Crippen molar-refractivity contribution in [3.8, 4) is 0 Å². The van der Waals surface area contributed by atoms with Gasteiger partial charge in [0.1, 0.15) is 18.7 Å². The van der Waals surface area contributed by atoms with Gasteiger partial charge in [-0.2, -0.15) is 0 Å². The topological polar surface area (TPSA) is 93.7 Å². The molecule has 0 unspecified atom stereocenters. The molecule has 0 spiro atoms. The van der Waals surface area contributed by atoms with Gasteiger partial charge in [0.05, 0.1) is 7.11 Å². The van der Waals surface area contributed by atoms with E-state index >= 15 is 0 Å². The molecule has 1 rings (SSSR count). The van der Waals surface area contributed by atoms with Crippen LogP contribution in [-0.2, 0) is 25.7 Å². The smallest absolute Gasteiger partial charge is 0.408 e. The highest BCUT2D eigenvalue weighted by Gasteiger charge is 2.24. The predicted molar refractivity (Wildman–Crippen MR) is 92.7 cm³/mol. The molecule has 0 heterocycles. The Bertz CT molecular complexity index is 562. The summed E-state index contributed by atoms with van der Waals surface area (Å²) < 4.78 is 9.76. The number of carbonyl (C=O) groups excluding carboxylic acids is 3. The molecule has 2 atom stereocenters. The zero-order valence-electron chi connectivity index (χ0n) is 14.9. The third-order valence-corrected chi connectivity index (χ3v) is 3.59. The highest BCUT2D eigenvalue weighted by molar-refractivity contribution is 5.89. The van der Waals surface area contributed by atoms with Gasteiger partial charge >= 0.3 is 12.1 Å². The number of ether oxygens (including phenoxy) is 2. The van der Waals surface area contributed by atoms with Crippen molar-refractivity contribution in [2.24, 2.45) is 0 Å². The van der Waals surface area contributed by atoms with Gasteiger partial charge in [-0.1, -0.05) is 50.1 Å². The number of alkyl carbamates (subject to hydrolysis) is 1. The minimum absolute atomic E-state index is 0.113. The third kappa shape index (κ3) is 7.69. The van der Waals surface area contributed by atoms with Crippen LogP contribution >= 0.6 is 0 Å². The van der Waals surface area contributed by atoms with E-state index in [4.69, 9.17) is 9.47 Å². The van der Waals surface area contributed by atoms with E-state index in [2.05, 4.69) is 10.6 Å². The van der Waals surface area contributed by atoms with E-state index in [0.717, 1.165) is 18.4 Å². The summed E-state index contributed by atoms with van der Waals surface area (Å²) in [4.78, 5) is 35.6. The van der Waals surface area contributed by atoms with Gasteiger partial charge in [-0.15, -0.1) is 0 Å². The van der Waals surface area contributed by atoms with Gasteiger partial charge in [0.15, 0.2) is 0 Å². The molecule has 0 bridgehead atoms. The molecule has 7 heteroatoms. The maximum absolute atomic E-state index is 12.2. The molecule has 2 amide bonds. The van der Waals surface area contributed by atoms with Crippen molar-refractivity contribution in [1.82, 2.24) is 10.6 Å². The van der Waals surface area contributed by atoms with Crippen molar-refractivity contribution in [2.45, 2.75) is 51.8 Å². The molecule has 0 aliphatic heterocycles. The van der Waals surface area contributed by atoms with Crippen LogP contribution in [0.15, 0.2) is 30.3 Å². The summed E-state index contributed by atoms with van der Waals surface area (Å²) in [6.07, 6.45) is 1.46. The summed E-state index contributed by atoms with van der Waals surface area (Å²) in [6.45, 7) is 3.62. The van der Waals surface area contributed by atoms with Crippen LogP contribution in [0.2, 0.25) is 0 Å². The van der Waals surface area contributed by atoms with Gasteiger partial charge in [0, 0.05) is 0 Å². The molecule has 2 N–H and O–H groups in total. The molecule has 25 heavy (non-hydrogen) atoms. The molecule has 7 nitrogen and oxygen atoms in total. The van der Waals surface area contributed by atoms with Crippen LogP contribution in [0.1, 0.15) is 38.7 Å². The monoisotopic (exact) mass is 350 g/mol. The van der Waals surface area contributed by atoms with Crippen molar-refractivity contribution < 1.29 is 23.9 Å². The molecule has 1 aromatic carbocycles. The first-order valence-electron chi connectivity index (χ1n) is 8.33. The molecular formula is C18H26N2O5. The van der Waals surface area contributed by atoms with Crippen molar-refractivity contribution in [3.05, 3.63) is 35.9 Å². The van der Waals surface area contributed by atoms with Crippen LogP contribution in [0.5, 0.6) is 0 Å². The van der Waals surface area contributed by atoms with Crippen molar-refractivity contribution in [3.63, 3.8) is 0 Å². The lowest BCUT2D eigenvalue weighted by Gasteiger charge is -2.19. The van der Waals surface area contributed by atoms with E-state index in [0.29, 0.717) is 6.42 Å². The minimum atomic E-state index is -0.836. The molecule has 0 aliphatic rings. The lowest BCUT2D eigenvalue weighted by molar-refractivity contribution is -0.145. The Morgan fingerprint density at radius 2 is 1.80 bits per heavy atom. The summed E-state index contributed by atoms with van der Waals surface area (Å²) in [5.41, 5.74) is 0.847. The molecule has 0 aliphatic carbocycles. The molecule has 0 saturated heterocycles. The molecule has 0 radical (unpaired) electrons. The average molecular weight is 350 g/mol. The number of nitrogens with one attached hydrogen (secondary N) is 2. The number of hydrogen-bond donors (Lipinski definition) is 2. The standard InChI is InChI=1S/C18H26N2O5/c1-4-5-11-15(17(22)24-3)20-16(21)13(2)19-18(23)25-12-14-9-7-6-8-10-14/h6-10,13,15H,4-5,11-12H2,1-3H3,(H,19,23)(H,20,21)/t13-,15+/m0/s1. The number of amides is 2. The van der Waals surface area contributed by atoms with Crippen LogP contribution in [0.3, 0.4) is 0 Å². The number of hydrogen-bond acceptors (Lipinski definition) is 5. The van der Waals surface area contributed by atoms with E-state index in [1.807, 2.05) is 37.3 Å². The van der Waals surface area contributed by atoms with Gasteiger partial charge in [-0.3, -0.25) is 4.79 Å². The van der Waals surface area contributed by atoms with Crippen LogP contribution in [0, 0.1) is 0 Å². The molecule has 0 saturated carbocycles. The number of esters is 1. The highest BCUT2D eigenvalue weighted by Crippen LogP contribution is 2.04. The Hall–Kier alpha value is -2.57. The Morgan fingerprint density at radius 3 is 2.40 bits per heavy atom. The summed E-state index contributed by atoms with van der Waals surface area (Å²) in [7, 11) is 1.27. The van der Waals surface area contributed by atoms with Crippen LogP contribution in [0.4, 0.5) is 4.79 Å². The van der Waals surface area contributed by atoms with Crippen LogP contribution in [0.25, 0.3) is 0 Å². The number of unbranched alkanes of at least 4 members (excludes halogenated alkanes) is 1. The first-order valence-corrected chi connectivity index (χ1v) is 8.33. The van der Waals surface area contributed by atoms with E-state index < -0.39 is 30.1 Å². The second kappa shape index (κ2) is 11.1. The largest absolute Gasteiger partial charge is 0.467 e. The fourth-order valence-electron chi connectivity index (χ4n) is 2.10. The maximum Gasteiger partial charge on any atom is 0.408 e. The lowest BCUT2D eigenvalue weighted by atomic mass is 10.1. The average Bonchev–Trinajstić information content (AvgIpc) is 2.63. The van der Waals surface area contributed by atoms with Gasteiger partial charge < -0.3 is 20.1 Å². The summed E-state index contributed by atoms with van der Waals surface area (Å²) in [6, 6.07) is 7.66. The lowest BCUT2D eigenvalue weighted by Crippen LogP contribution is -2.50. The fourth-order valence-corrected chi connectivity index (χ4v) is 2.10. The Kier molecular flexibility index (Phi) is 9.06. The normalized spacial score (nSPS) is 12.6. The third-order valence-electron chi connectivity index (χ3n) is 3.59. The SMILES string of the molecule is CCCC[C@@H](NC(=O)[C@H](C)NC(=O)OCc1ccccc1)C(=O)OC. The predicted octanol–water partition coefficient (Wildman–Crippen LogP) is 2.15. The van der Waals surface area contributed by atoms with E-state index in [9.17, 15) is 14.4 Å². The number of carbonyl (C=O) groups is 3. The van der Waals surface area contributed by atoms with E-state index in [1.165, 1.54) is 14.0 Å². The number of rotatable bonds is 9. The Labute approximate surface area is 148 Å². The fraction of sp³-hybridized carbons (Fsp3) is 0.500. The summed E-state index contributed by atoms with van der Waals surface area (Å²) >= 11 is 0. The second-order valence-electron chi connectivity index (χ2n) is 5.65. The van der Waals surface area contributed by atoms with Crippen molar-refractivity contribution in [2.75, 3.05) is 7.11 Å². The van der Waals surface area contributed by atoms with Gasteiger partial charge in [-0.05, 0) is 18.9 Å². The zero-order valence-corrected chi connectivity index (χ0v) is 14.9. The minimum Gasteiger partial charge on any atom is -0.467 e. The zero-order chi connectivity index (χ0) is 18.7. The summed E-state index contributed by atoms with van der Waals surface area (Å²) in [5.74, 6) is -0.969. The highest BCUT2D eigenvalue weighted by atomic mass is 16.5. The van der Waals surface area contributed by atoms with Gasteiger partial charge in [-0.25, -0.2) is 9.59 Å². The first kappa shape index (κ1) is 20.5. The van der Waals surface area contributed by atoms with E-state index in [-0.39, 0.29) is 6.61 Å². The molecule has 0 aromatic heterocycles. The molecule has 1 aromatic rings. The maximum atomic E-state index is 12.2. The molecular weight excluding hydrogens is 324 g/mol. The van der Waals surface area contributed by atoms with Crippen LogP contribution in [-0.4, -0.2) is 37.2 Å². The van der Waals surface area contributed by atoms with Crippen LogP contribution < -0.4 is 10.6 Å². The van der Waals surface area contributed by atoms with E-state index in [1.54, 1.807) is 0 Å². The van der Waals surface area contributed by atoms with Gasteiger partial charge in [0.25, 0.3) is 0 Å². The first-order chi connectivity index (χ1) is 12.0. The van der Waals surface area contributed by atoms with Gasteiger partial charge in [0.2, 0.25) is 5.91 Å². The summed E-state index contributed by atoms with van der Waals surface area (Å²) in [5, 5.41) is 5.04. The Morgan fingerprint density at radius 1 is 1.12 bits per heavy atom. The second-order valence-corrected chi connectivity index (χ2v) is 5.65. The van der Waals surface area contributed by atoms with Crippen molar-refractivity contribution >= 4 is 18.0 Å². The Balaban J connectivity index is 2.45. The number of benzene rings is 1. The molecule has 138 valence electrons. The molecule has 0 fully saturated rings. The number of methoxy groups -OCH3 is 1. The van der Waals surface area contributed by atoms with Crippen molar-refractivity contribution in [1.29, 1.82) is 0 Å².